The van der Waals surface area contributed by atoms with Gasteiger partial charge in [-0.25, -0.2) is 4.79 Å². The first-order valence-electron chi connectivity index (χ1n) is 11.5. The van der Waals surface area contributed by atoms with Crippen LogP contribution >= 0.6 is 0 Å². The van der Waals surface area contributed by atoms with Gasteiger partial charge < -0.3 is 14.9 Å². The quantitative estimate of drug-likeness (QED) is 0.670. The molecule has 4 heteroatoms. The van der Waals surface area contributed by atoms with Gasteiger partial charge in [-0.15, -0.1) is 0 Å². The fraction of sp³-hybridized carbons (Fsp3) is 0.875. The van der Waals surface area contributed by atoms with Crippen LogP contribution in [0.5, 0.6) is 0 Å². The zero-order valence-corrected chi connectivity index (χ0v) is 17.4. The van der Waals surface area contributed by atoms with Crippen LogP contribution in [0.25, 0.3) is 0 Å². The van der Waals surface area contributed by atoms with Gasteiger partial charge in [0.05, 0.1) is 18.3 Å². The molecule has 0 aromatic heterocycles. The lowest BCUT2D eigenvalue weighted by Crippen LogP contribution is -2.62. The van der Waals surface area contributed by atoms with Crippen molar-refractivity contribution in [1.29, 1.82) is 0 Å². The normalized spacial score (nSPS) is 55.8. The highest BCUT2D eigenvalue weighted by Crippen LogP contribution is 2.69. The van der Waals surface area contributed by atoms with Crippen molar-refractivity contribution in [3.63, 3.8) is 0 Å². The van der Waals surface area contributed by atoms with Crippen LogP contribution in [0.1, 0.15) is 71.6 Å². The van der Waals surface area contributed by atoms with Crippen LogP contribution in [0.3, 0.4) is 0 Å². The number of aliphatic hydroxyl groups is 2. The van der Waals surface area contributed by atoms with E-state index in [0.717, 1.165) is 51.4 Å². The maximum absolute atomic E-state index is 12.2. The Morgan fingerprint density at radius 1 is 1.00 bits per heavy atom. The van der Waals surface area contributed by atoms with Crippen LogP contribution in [0.15, 0.2) is 12.2 Å². The number of esters is 1. The van der Waals surface area contributed by atoms with Crippen LogP contribution < -0.4 is 0 Å². The zero-order chi connectivity index (χ0) is 19.7. The highest BCUT2D eigenvalue weighted by molar-refractivity contribution is 5.82. The summed E-state index contributed by atoms with van der Waals surface area (Å²) < 4.78 is 5.33. The third kappa shape index (κ3) is 2.46. The summed E-state index contributed by atoms with van der Waals surface area (Å²) in [5, 5.41) is 22.4. The number of fused-ring (bicyclic) bond motifs is 5. The number of carbonyl (C=O) groups excluding carboxylic acids is 1. The molecule has 4 fully saturated rings. The summed E-state index contributed by atoms with van der Waals surface area (Å²) in [5.74, 6) is 1.97. The molecule has 2 unspecified atom stereocenters. The Balaban J connectivity index is 1.44. The maximum atomic E-state index is 12.2. The van der Waals surface area contributed by atoms with Crippen molar-refractivity contribution in [2.45, 2.75) is 83.3 Å². The standard InChI is InChI=1S/C24H36O4/c1-22-10-7-17(25)13-16(22)4-5-20-19(22)8-11-23(2)18(9-12-24(20,23)27)15-3-6-21(26)28-14-15/h3,6,15-20,25,27H,4-5,7-14H2,1-2H3/t15?,16-,17+,18-,19+,20?,22+,23-,24+/m1/s1. The lowest BCUT2D eigenvalue weighted by molar-refractivity contribution is -0.213. The van der Waals surface area contributed by atoms with Gasteiger partial charge in [-0.05, 0) is 86.9 Å². The van der Waals surface area contributed by atoms with E-state index < -0.39 is 5.60 Å². The smallest absolute Gasteiger partial charge is 0.330 e. The van der Waals surface area contributed by atoms with E-state index in [-0.39, 0.29) is 28.8 Å². The lowest BCUT2D eigenvalue weighted by atomic mass is 9.43. The molecule has 5 aliphatic rings. The number of hydrogen-bond donors (Lipinski definition) is 2. The van der Waals surface area contributed by atoms with Crippen molar-refractivity contribution >= 4 is 5.97 Å². The SMILES string of the molecule is C[C@]12CC[C@H](O)C[C@H]1CCC1[C@@H]2CC[C@]2(C)[C@@H](C3C=CC(=O)OC3)CC[C@]12O. The Morgan fingerprint density at radius 3 is 2.54 bits per heavy atom. The monoisotopic (exact) mass is 388 g/mol. The van der Waals surface area contributed by atoms with E-state index in [9.17, 15) is 15.0 Å². The third-order valence-corrected chi connectivity index (χ3v) is 10.3. The van der Waals surface area contributed by atoms with Crippen molar-refractivity contribution in [1.82, 2.24) is 0 Å². The van der Waals surface area contributed by atoms with Gasteiger partial charge >= 0.3 is 5.97 Å². The summed E-state index contributed by atoms with van der Waals surface area (Å²) in [7, 11) is 0. The molecule has 0 aromatic carbocycles. The molecular formula is C24H36O4. The number of hydrogen-bond acceptors (Lipinski definition) is 4. The van der Waals surface area contributed by atoms with Gasteiger partial charge in [0.1, 0.15) is 0 Å². The van der Waals surface area contributed by atoms with Gasteiger partial charge in [0.15, 0.2) is 0 Å². The predicted molar refractivity (Wildman–Crippen MR) is 106 cm³/mol. The van der Waals surface area contributed by atoms with Crippen LogP contribution in [0.2, 0.25) is 0 Å². The van der Waals surface area contributed by atoms with Crippen molar-refractivity contribution in [2.75, 3.05) is 6.61 Å². The number of cyclic esters (lactones) is 1. The molecule has 0 saturated heterocycles. The molecule has 4 aliphatic carbocycles. The molecule has 4 nitrogen and oxygen atoms in total. The fourth-order valence-corrected chi connectivity index (χ4v) is 8.66. The zero-order valence-electron chi connectivity index (χ0n) is 17.4. The minimum Gasteiger partial charge on any atom is -0.462 e. The second-order valence-electron chi connectivity index (χ2n) is 11.1. The molecule has 9 atom stereocenters. The molecule has 0 aromatic rings. The van der Waals surface area contributed by atoms with Crippen LogP contribution in [0, 0.1) is 40.4 Å². The molecule has 0 radical (unpaired) electrons. The van der Waals surface area contributed by atoms with Crippen molar-refractivity contribution in [2.24, 2.45) is 40.4 Å². The lowest BCUT2D eigenvalue weighted by Gasteiger charge is -2.64. The molecule has 0 spiro atoms. The number of aliphatic hydroxyl groups excluding tert-OH is 1. The average molecular weight is 389 g/mol. The van der Waals surface area contributed by atoms with Crippen LogP contribution in [-0.4, -0.2) is 34.5 Å². The number of ether oxygens (including phenoxy) is 1. The van der Waals surface area contributed by atoms with E-state index in [4.69, 9.17) is 4.74 Å². The largest absolute Gasteiger partial charge is 0.462 e. The van der Waals surface area contributed by atoms with Gasteiger partial charge in [-0.2, -0.15) is 0 Å². The summed E-state index contributed by atoms with van der Waals surface area (Å²) in [4.78, 5) is 11.5. The van der Waals surface area contributed by atoms with Gasteiger partial charge in [0.25, 0.3) is 0 Å². The van der Waals surface area contributed by atoms with Gasteiger partial charge in [0, 0.05) is 17.4 Å². The van der Waals surface area contributed by atoms with E-state index in [2.05, 4.69) is 13.8 Å². The number of carbonyl (C=O) groups is 1. The van der Waals surface area contributed by atoms with Crippen LogP contribution in [0.4, 0.5) is 0 Å². The first kappa shape index (κ1) is 19.1. The van der Waals surface area contributed by atoms with Crippen molar-refractivity contribution in [3.05, 3.63) is 12.2 Å². The molecule has 0 bridgehead atoms. The molecule has 28 heavy (non-hydrogen) atoms. The summed E-state index contributed by atoms with van der Waals surface area (Å²) >= 11 is 0. The Kier molecular flexibility index (Phi) is 4.31. The number of rotatable bonds is 1. The van der Waals surface area contributed by atoms with E-state index in [1.807, 2.05) is 6.08 Å². The van der Waals surface area contributed by atoms with Gasteiger partial charge in [-0.1, -0.05) is 19.9 Å². The molecule has 4 saturated carbocycles. The van der Waals surface area contributed by atoms with E-state index in [1.165, 1.54) is 6.42 Å². The highest BCUT2D eigenvalue weighted by Gasteiger charge is 2.67. The van der Waals surface area contributed by atoms with Gasteiger partial charge in [0.2, 0.25) is 0 Å². The minimum atomic E-state index is -0.597. The van der Waals surface area contributed by atoms with Crippen molar-refractivity contribution in [3.8, 4) is 0 Å². The topological polar surface area (TPSA) is 66.8 Å². The first-order chi connectivity index (χ1) is 13.3. The molecule has 2 N–H and O–H groups in total. The van der Waals surface area contributed by atoms with E-state index in [1.54, 1.807) is 6.08 Å². The minimum absolute atomic E-state index is 0.0930. The Hall–Kier alpha value is -0.870. The first-order valence-corrected chi connectivity index (χ1v) is 11.5. The molecule has 5 rings (SSSR count). The third-order valence-electron chi connectivity index (χ3n) is 10.3. The summed E-state index contributed by atoms with van der Waals surface area (Å²) in [6, 6.07) is 0. The van der Waals surface area contributed by atoms with Gasteiger partial charge in [-0.3, -0.25) is 0 Å². The predicted octanol–water partition coefficient (Wildman–Crippen LogP) is 3.85. The fourth-order valence-electron chi connectivity index (χ4n) is 8.66. The Morgan fingerprint density at radius 2 is 1.79 bits per heavy atom. The van der Waals surface area contributed by atoms with E-state index >= 15 is 0 Å². The molecule has 1 heterocycles. The van der Waals surface area contributed by atoms with E-state index in [0.29, 0.717) is 30.3 Å². The molecule has 1 aliphatic heterocycles. The molecule has 156 valence electrons. The van der Waals surface area contributed by atoms with Crippen LogP contribution in [-0.2, 0) is 9.53 Å². The maximum Gasteiger partial charge on any atom is 0.330 e. The summed E-state index contributed by atoms with van der Waals surface area (Å²) in [5.41, 5.74) is -0.415. The summed E-state index contributed by atoms with van der Waals surface area (Å²) in [6.45, 7) is 5.25. The molecule has 0 amide bonds. The summed E-state index contributed by atoms with van der Waals surface area (Å²) in [6.07, 6.45) is 12.9. The Labute approximate surface area is 168 Å². The molecular weight excluding hydrogens is 352 g/mol. The highest BCUT2D eigenvalue weighted by atomic mass is 16.5. The average Bonchev–Trinajstić information content (AvgIpc) is 2.95. The second kappa shape index (κ2) is 6.31. The second-order valence-corrected chi connectivity index (χ2v) is 11.1. The van der Waals surface area contributed by atoms with Crippen molar-refractivity contribution < 1.29 is 19.7 Å². The Bertz CT molecular complexity index is 688.